The first-order valence-corrected chi connectivity index (χ1v) is 7.01. The Morgan fingerprint density at radius 2 is 2.05 bits per heavy atom. The molecule has 0 fully saturated rings. The van der Waals surface area contributed by atoms with Crippen molar-refractivity contribution in [1.29, 1.82) is 0 Å². The summed E-state index contributed by atoms with van der Waals surface area (Å²) in [5.74, 6) is -0.778. The Morgan fingerprint density at radius 3 is 2.59 bits per heavy atom. The standard InChI is InChI=1S/C15H19N5O2/c1-4-19(12-7-5-6-10(2)8-12)13(21)9-20-11(3)14(15(16)22)17-18-20/h5-8H,4,9H2,1-3H3,(H2,16,22). The second-order valence-electron chi connectivity index (χ2n) is 5.02. The maximum Gasteiger partial charge on any atom is 0.271 e. The van der Waals surface area contributed by atoms with Crippen molar-refractivity contribution in [2.75, 3.05) is 11.4 Å². The molecule has 2 N–H and O–H groups in total. The summed E-state index contributed by atoms with van der Waals surface area (Å²) in [5, 5.41) is 7.53. The fourth-order valence-electron chi connectivity index (χ4n) is 2.25. The third kappa shape index (κ3) is 3.13. The topological polar surface area (TPSA) is 94.1 Å². The van der Waals surface area contributed by atoms with E-state index in [2.05, 4.69) is 10.3 Å². The predicted octanol–water partition coefficient (Wildman–Crippen LogP) is 1.05. The van der Waals surface area contributed by atoms with Crippen LogP contribution in [0.2, 0.25) is 0 Å². The van der Waals surface area contributed by atoms with Gasteiger partial charge in [0.05, 0.1) is 5.69 Å². The van der Waals surface area contributed by atoms with Crippen molar-refractivity contribution < 1.29 is 9.59 Å². The van der Waals surface area contributed by atoms with E-state index < -0.39 is 5.91 Å². The van der Waals surface area contributed by atoms with Crippen LogP contribution in [0.1, 0.15) is 28.7 Å². The molecular weight excluding hydrogens is 282 g/mol. The summed E-state index contributed by atoms with van der Waals surface area (Å²) in [4.78, 5) is 25.4. The molecule has 116 valence electrons. The normalized spacial score (nSPS) is 10.5. The minimum atomic E-state index is -0.651. The van der Waals surface area contributed by atoms with E-state index in [1.165, 1.54) is 4.68 Å². The first-order chi connectivity index (χ1) is 10.4. The molecule has 22 heavy (non-hydrogen) atoms. The lowest BCUT2D eigenvalue weighted by molar-refractivity contribution is -0.119. The van der Waals surface area contributed by atoms with Crippen LogP contribution >= 0.6 is 0 Å². The van der Waals surface area contributed by atoms with E-state index in [-0.39, 0.29) is 18.1 Å². The number of likely N-dealkylation sites (N-methyl/N-ethyl adjacent to an activating group) is 1. The summed E-state index contributed by atoms with van der Waals surface area (Å²) in [6.45, 7) is 6.09. The second kappa shape index (κ2) is 6.38. The molecule has 0 aliphatic heterocycles. The Morgan fingerprint density at radius 1 is 1.32 bits per heavy atom. The highest BCUT2D eigenvalue weighted by Gasteiger charge is 2.19. The van der Waals surface area contributed by atoms with Crippen LogP contribution in [0, 0.1) is 13.8 Å². The Labute approximate surface area is 128 Å². The first kappa shape index (κ1) is 15.7. The van der Waals surface area contributed by atoms with Crippen molar-refractivity contribution in [2.24, 2.45) is 5.73 Å². The number of primary amides is 1. The average molecular weight is 301 g/mol. The Bertz CT molecular complexity index is 708. The van der Waals surface area contributed by atoms with Gasteiger partial charge in [-0.15, -0.1) is 5.10 Å². The number of rotatable bonds is 5. The van der Waals surface area contributed by atoms with Crippen LogP contribution in [0.3, 0.4) is 0 Å². The Hall–Kier alpha value is -2.70. The van der Waals surface area contributed by atoms with Crippen LogP contribution < -0.4 is 10.6 Å². The molecule has 0 aliphatic rings. The van der Waals surface area contributed by atoms with E-state index in [1.807, 2.05) is 38.1 Å². The molecule has 1 aromatic heterocycles. The molecule has 0 spiro atoms. The van der Waals surface area contributed by atoms with Crippen LogP contribution in [0.4, 0.5) is 5.69 Å². The van der Waals surface area contributed by atoms with Gasteiger partial charge in [-0.3, -0.25) is 9.59 Å². The number of carbonyl (C=O) groups excluding carboxylic acids is 2. The lowest BCUT2D eigenvalue weighted by atomic mass is 10.2. The van der Waals surface area contributed by atoms with Crippen LogP contribution in [0.25, 0.3) is 0 Å². The summed E-state index contributed by atoms with van der Waals surface area (Å²) >= 11 is 0. The summed E-state index contributed by atoms with van der Waals surface area (Å²) in [7, 11) is 0. The van der Waals surface area contributed by atoms with E-state index >= 15 is 0 Å². The number of hydrogen-bond donors (Lipinski definition) is 1. The largest absolute Gasteiger partial charge is 0.364 e. The smallest absolute Gasteiger partial charge is 0.271 e. The molecule has 7 nitrogen and oxygen atoms in total. The van der Waals surface area contributed by atoms with Gasteiger partial charge in [-0.05, 0) is 38.5 Å². The molecule has 2 rings (SSSR count). The number of carbonyl (C=O) groups is 2. The summed E-state index contributed by atoms with van der Waals surface area (Å²) in [5.41, 5.74) is 7.69. The Kier molecular flexibility index (Phi) is 4.55. The van der Waals surface area contributed by atoms with Crippen molar-refractivity contribution >= 4 is 17.5 Å². The number of benzene rings is 1. The molecule has 0 saturated heterocycles. The minimum absolute atomic E-state index is 0.00783. The van der Waals surface area contributed by atoms with Gasteiger partial charge in [0.2, 0.25) is 5.91 Å². The quantitative estimate of drug-likeness (QED) is 0.893. The Balaban J connectivity index is 2.21. The summed E-state index contributed by atoms with van der Waals surface area (Å²) in [6.07, 6.45) is 0. The fourth-order valence-corrected chi connectivity index (χ4v) is 2.25. The maximum absolute atomic E-state index is 12.5. The van der Waals surface area contributed by atoms with E-state index in [9.17, 15) is 9.59 Å². The molecule has 2 aromatic rings. The predicted molar refractivity (Wildman–Crippen MR) is 82.5 cm³/mol. The third-order valence-corrected chi connectivity index (χ3v) is 3.43. The van der Waals surface area contributed by atoms with Gasteiger partial charge in [0.15, 0.2) is 5.69 Å². The SMILES string of the molecule is CCN(C(=O)Cn1nnc(C(N)=O)c1C)c1cccc(C)c1. The van der Waals surface area contributed by atoms with Crippen molar-refractivity contribution in [3.05, 3.63) is 41.2 Å². The third-order valence-electron chi connectivity index (χ3n) is 3.43. The number of aromatic nitrogens is 3. The van der Waals surface area contributed by atoms with Crippen LogP contribution in [0.5, 0.6) is 0 Å². The summed E-state index contributed by atoms with van der Waals surface area (Å²) < 4.78 is 1.39. The van der Waals surface area contributed by atoms with Crippen LogP contribution in [-0.2, 0) is 11.3 Å². The van der Waals surface area contributed by atoms with Crippen LogP contribution in [-0.4, -0.2) is 33.4 Å². The molecule has 1 heterocycles. The monoisotopic (exact) mass is 301 g/mol. The lowest BCUT2D eigenvalue weighted by Crippen LogP contribution is -2.34. The minimum Gasteiger partial charge on any atom is -0.364 e. The molecule has 7 heteroatoms. The zero-order chi connectivity index (χ0) is 16.3. The van der Waals surface area contributed by atoms with Crippen molar-refractivity contribution in [3.63, 3.8) is 0 Å². The van der Waals surface area contributed by atoms with E-state index in [0.717, 1.165) is 11.3 Å². The van der Waals surface area contributed by atoms with Gasteiger partial charge in [0, 0.05) is 12.2 Å². The molecule has 0 saturated carbocycles. The molecule has 0 aliphatic carbocycles. The van der Waals surface area contributed by atoms with Gasteiger partial charge in [-0.25, -0.2) is 4.68 Å². The van der Waals surface area contributed by atoms with E-state index in [0.29, 0.717) is 12.2 Å². The molecule has 0 unspecified atom stereocenters. The number of anilines is 1. The highest BCUT2D eigenvalue weighted by atomic mass is 16.2. The number of nitrogens with zero attached hydrogens (tertiary/aromatic N) is 4. The molecular formula is C15H19N5O2. The maximum atomic E-state index is 12.5. The van der Waals surface area contributed by atoms with Crippen molar-refractivity contribution in [2.45, 2.75) is 27.3 Å². The van der Waals surface area contributed by atoms with Gasteiger partial charge < -0.3 is 10.6 Å². The number of hydrogen-bond acceptors (Lipinski definition) is 4. The van der Waals surface area contributed by atoms with Gasteiger partial charge in [-0.2, -0.15) is 0 Å². The second-order valence-corrected chi connectivity index (χ2v) is 5.02. The zero-order valence-electron chi connectivity index (χ0n) is 12.9. The van der Waals surface area contributed by atoms with Gasteiger partial charge in [0.25, 0.3) is 5.91 Å². The van der Waals surface area contributed by atoms with Crippen molar-refractivity contribution in [3.8, 4) is 0 Å². The molecule has 2 amide bonds. The molecule has 0 radical (unpaired) electrons. The number of amides is 2. The fraction of sp³-hybridized carbons (Fsp3) is 0.333. The highest BCUT2D eigenvalue weighted by molar-refractivity contribution is 5.94. The van der Waals surface area contributed by atoms with Crippen LogP contribution in [0.15, 0.2) is 24.3 Å². The molecule has 0 atom stereocenters. The lowest BCUT2D eigenvalue weighted by Gasteiger charge is -2.21. The summed E-state index contributed by atoms with van der Waals surface area (Å²) in [6, 6.07) is 7.72. The van der Waals surface area contributed by atoms with Gasteiger partial charge >= 0.3 is 0 Å². The molecule has 1 aromatic carbocycles. The highest BCUT2D eigenvalue weighted by Crippen LogP contribution is 2.16. The number of nitrogens with two attached hydrogens (primary N) is 1. The molecule has 0 bridgehead atoms. The number of aryl methyl sites for hydroxylation is 1. The van der Waals surface area contributed by atoms with E-state index in [1.54, 1.807) is 11.8 Å². The van der Waals surface area contributed by atoms with Gasteiger partial charge in [-0.1, -0.05) is 17.3 Å². The van der Waals surface area contributed by atoms with Gasteiger partial charge in [0.1, 0.15) is 6.54 Å². The first-order valence-electron chi connectivity index (χ1n) is 7.01. The van der Waals surface area contributed by atoms with Crippen molar-refractivity contribution in [1.82, 2.24) is 15.0 Å². The zero-order valence-corrected chi connectivity index (χ0v) is 12.9. The van der Waals surface area contributed by atoms with E-state index in [4.69, 9.17) is 5.73 Å². The average Bonchev–Trinajstić information content (AvgIpc) is 2.81.